The first-order valence-electron chi connectivity index (χ1n) is 11.8. The summed E-state index contributed by atoms with van der Waals surface area (Å²) < 4.78 is 5.77. The van der Waals surface area contributed by atoms with E-state index in [2.05, 4.69) is 17.4 Å². The molecule has 0 heterocycles. The van der Waals surface area contributed by atoms with Crippen LogP contribution >= 0.6 is 0 Å². The molecule has 2 aromatic rings. The van der Waals surface area contributed by atoms with Crippen LogP contribution in [0.4, 0.5) is 0 Å². The summed E-state index contributed by atoms with van der Waals surface area (Å²) in [6.45, 7) is 9.02. The van der Waals surface area contributed by atoms with Crippen molar-refractivity contribution in [3.05, 3.63) is 65.7 Å². The van der Waals surface area contributed by atoms with E-state index in [0.29, 0.717) is 32.4 Å². The fraction of sp³-hybridized carbons (Fsp3) is 0.481. The van der Waals surface area contributed by atoms with Gasteiger partial charge in [-0.2, -0.15) is 0 Å². The molecule has 1 N–H and O–H groups in total. The van der Waals surface area contributed by atoms with Crippen LogP contribution < -0.4 is 10.1 Å². The van der Waals surface area contributed by atoms with E-state index in [-0.39, 0.29) is 17.9 Å². The summed E-state index contributed by atoms with van der Waals surface area (Å²) in [6, 6.07) is 17.6. The van der Waals surface area contributed by atoms with Crippen LogP contribution in [0.1, 0.15) is 57.6 Å². The lowest BCUT2D eigenvalue weighted by Crippen LogP contribution is -2.51. The molecular formula is C27H38N2O3. The number of amides is 2. The number of hydrogen-bond acceptors (Lipinski definition) is 3. The molecule has 2 rings (SSSR count). The maximum atomic E-state index is 13.2. The van der Waals surface area contributed by atoms with Crippen molar-refractivity contribution in [3.8, 4) is 5.75 Å². The molecule has 0 aromatic heterocycles. The Morgan fingerprint density at radius 1 is 1.00 bits per heavy atom. The summed E-state index contributed by atoms with van der Waals surface area (Å²) >= 11 is 0. The van der Waals surface area contributed by atoms with Gasteiger partial charge in [-0.3, -0.25) is 9.59 Å². The van der Waals surface area contributed by atoms with Crippen molar-refractivity contribution >= 4 is 11.8 Å². The Kier molecular flexibility index (Phi) is 10.8. The molecule has 174 valence electrons. The van der Waals surface area contributed by atoms with E-state index in [4.69, 9.17) is 4.74 Å². The standard InChI is InChI=1S/C27H38N2O3/c1-5-22(4)28-27(31)25(6-2)29(19-18-23-11-8-7-9-12-23)26(30)13-10-20-32-24-16-14-21(3)15-17-24/h7-9,11-12,14-17,22,25H,5-6,10,13,18-20H2,1-4H3,(H,28,31)/t22-,25-/m1/s1. The number of nitrogens with zero attached hydrogens (tertiary/aromatic N) is 1. The first-order valence-corrected chi connectivity index (χ1v) is 11.8. The summed E-state index contributed by atoms with van der Waals surface area (Å²) in [5, 5.41) is 3.05. The van der Waals surface area contributed by atoms with Gasteiger partial charge in [-0.25, -0.2) is 0 Å². The fourth-order valence-corrected chi connectivity index (χ4v) is 3.53. The summed E-state index contributed by atoms with van der Waals surface area (Å²) in [4.78, 5) is 27.8. The number of ether oxygens (including phenoxy) is 1. The summed E-state index contributed by atoms with van der Waals surface area (Å²) in [5.74, 6) is 0.738. The van der Waals surface area contributed by atoms with Gasteiger partial charge in [0.2, 0.25) is 11.8 Å². The largest absolute Gasteiger partial charge is 0.494 e. The second kappa shape index (κ2) is 13.6. The topological polar surface area (TPSA) is 58.6 Å². The minimum atomic E-state index is -0.460. The molecule has 2 amide bonds. The van der Waals surface area contributed by atoms with Crippen molar-refractivity contribution in [2.24, 2.45) is 0 Å². The molecule has 0 radical (unpaired) electrons. The number of carbonyl (C=O) groups excluding carboxylic acids is 2. The number of hydrogen-bond donors (Lipinski definition) is 1. The van der Waals surface area contributed by atoms with Crippen molar-refractivity contribution < 1.29 is 14.3 Å². The lowest BCUT2D eigenvalue weighted by Gasteiger charge is -2.31. The predicted molar refractivity (Wildman–Crippen MR) is 130 cm³/mol. The molecule has 0 bridgehead atoms. The molecule has 0 aliphatic rings. The van der Waals surface area contributed by atoms with Gasteiger partial charge >= 0.3 is 0 Å². The molecule has 0 aliphatic carbocycles. The third kappa shape index (κ3) is 8.37. The minimum absolute atomic E-state index is 0.000381. The molecule has 2 atom stereocenters. The second-order valence-electron chi connectivity index (χ2n) is 8.33. The monoisotopic (exact) mass is 438 g/mol. The normalized spacial score (nSPS) is 12.6. The van der Waals surface area contributed by atoms with Crippen LogP contribution in [-0.4, -0.2) is 41.9 Å². The van der Waals surface area contributed by atoms with Crippen molar-refractivity contribution in [2.45, 2.75) is 71.9 Å². The quantitative estimate of drug-likeness (QED) is 0.452. The highest BCUT2D eigenvalue weighted by molar-refractivity contribution is 5.87. The molecule has 0 saturated heterocycles. The number of benzene rings is 2. The highest BCUT2D eigenvalue weighted by Crippen LogP contribution is 2.14. The third-order valence-electron chi connectivity index (χ3n) is 5.70. The van der Waals surface area contributed by atoms with Gasteiger partial charge in [0.1, 0.15) is 11.8 Å². The van der Waals surface area contributed by atoms with Crippen LogP contribution in [0.3, 0.4) is 0 Å². The Morgan fingerprint density at radius 2 is 1.69 bits per heavy atom. The Labute approximate surface area is 193 Å². The first-order chi connectivity index (χ1) is 15.4. The Balaban J connectivity index is 1.99. The molecule has 0 saturated carbocycles. The molecular weight excluding hydrogens is 400 g/mol. The molecule has 2 aromatic carbocycles. The van der Waals surface area contributed by atoms with Gasteiger partial charge < -0.3 is 15.0 Å². The van der Waals surface area contributed by atoms with Crippen molar-refractivity contribution in [1.82, 2.24) is 10.2 Å². The van der Waals surface area contributed by atoms with Gasteiger partial charge in [-0.15, -0.1) is 0 Å². The minimum Gasteiger partial charge on any atom is -0.494 e. The van der Waals surface area contributed by atoms with E-state index in [0.717, 1.165) is 24.2 Å². The van der Waals surface area contributed by atoms with Crippen LogP contribution in [0, 0.1) is 6.92 Å². The number of aryl methyl sites for hydroxylation is 1. The second-order valence-corrected chi connectivity index (χ2v) is 8.33. The van der Waals surface area contributed by atoms with Crippen molar-refractivity contribution in [1.29, 1.82) is 0 Å². The van der Waals surface area contributed by atoms with Gasteiger partial charge in [-0.1, -0.05) is 61.9 Å². The average molecular weight is 439 g/mol. The van der Waals surface area contributed by atoms with Gasteiger partial charge in [0.25, 0.3) is 0 Å². The number of rotatable bonds is 13. The maximum absolute atomic E-state index is 13.2. The van der Waals surface area contributed by atoms with Gasteiger partial charge in [0.15, 0.2) is 0 Å². The van der Waals surface area contributed by atoms with Gasteiger partial charge in [0, 0.05) is 19.0 Å². The van der Waals surface area contributed by atoms with E-state index in [1.807, 2.05) is 70.2 Å². The molecule has 32 heavy (non-hydrogen) atoms. The molecule has 0 spiro atoms. The Morgan fingerprint density at radius 3 is 2.31 bits per heavy atom. The Hall–Kier alpha value is -2.82. The average Bonchev–Trinajstić information content (AvgIpc) is 2.80. The smallest absolute Gasteiger partial charge is 0.243 e. The molecule has 5 heteroatoms. The Bertz CT molecular complexity index is 821. The summed E-state index contributed by atoms with van der Waals surface area (Å²) in [6.07, 6.45) is 3.13. The van der Waals surface area contributed by atoms with E-state index >= 15 is 0 Å². The molecule has 0 aliphatic heterocycles. The van der Waals surface area contributed by atoms with Crippen LogP contribution in [0.2, 0.25) is 0 Å². The lowest BCUT2D eigenvalue weighted by molar-refractivity contribution is -0.141. The van der Waals surface area contributed by atoms with Crippen molar-refractivity contribution in [3.63, 3.8) is 0 Å². The molecule has 0 fully saturated rings. The van der Waals surface area contributed by atoms with Crippen molar-refractivity contribution in [2.75, 3.05) is 13.2 Å². The summed E-state index contributed by atoms with van der Waals surface area (Å²) in [5.41, 5.74) is 2.34. The lowest BCUT2D eigenvalue weighted by atomic mass is 10.1. The fourth-order valence-electron chi connectivity index (χ4n) is 3.53. The van der Waals surface area contributed by atoms with E-state index in [9.17, 15) is 9.59 Å². The zero-order valence-corrected chi connectivity index (χ0v) is 20.0. The van der Waals surface area contributed by atoms with E-state index in [1.165, 1.54) is 5.56 Å². The zero-order chi connectivity index (χ0) is 23.3. The van der Waals surface area contributed by atoms with E-state index < -0.39 is 6.04 Å². The highest BCUT2D eigenvalue weighted by atomic mass is 16.5. The van der Waals surface area contributed by atoms with E-state index in [1.54, 1.807) is 4.90 Å². The number of carbonyl (C=O) groups is 2. The highest BCUT2D eigenvalue weighted by Gasteiger charge is 2.28. The zero-order valence-electron chi connectivity index (χ0n) is 20.0. The van der Waals surface area contributed by atoms with Gasteiger partial charge in [0.05, 0.1) is 6.61 Å². The summed E-state index contributed by atoms with van der Waals surface area (Å²) in [7, 11) is 0. The van der Waals surface area contributed by atoms with Crippen LogP contribution in [0.15, 0.2) is 54.6 Å². The number of nitrogens with one attached hydrogen (secondary N) is 1. The van der Waals surface area contributed by atoms with Crippen LogP contribution in [-0.2, 0) is 16.0 Å². The SMILES string of the molecule is CC[C@@H](C)NC(=O)[C@@H](CC)N(CCc1ccccc1)C(=O)CCCOc1ccc(C)cc1. The first kappa shape index (κ1) is 25.4. The molecule has 0 unspecified atom stereocenters. The van der Waals surface area contributed by atoms with Crippen LogP contribution in [0.5, 0.6) is 5.75 Å². The predicted octanol–water partition coefficient (Wildman–Crippen LogP) is 4.92. The van der Waals surface area contributed by atoms with Gasteiger partial charge in [-0.05, 0) is 57.2 Å². The molecule has 5 nitrogen and oxygen atoms in total. The van der Waals surface area contributed by atoms with Crippen LogP contribution in [0.25, 0.3) is 0 Å². The maximum Gasteiger partial charge on any atom is 0.243 e. The third-order valence-corrected chi connectivity index (χ3v) is 5.70.